The lowest BCUT2D eigenvalue weighted by molar-refractivity contribution is -0.128. The number of para-hydroxylation sites is 2. The molecule has 0 saturated carbocycles. The molecule has 1 saturated heterocycles. The van der Waals surface area contributed by atoms with Crippen molar-refractivity contribution in [3.05, 3.63) is 90.0 Å². The molecule has 1 unspecified atom stereocenters. The third kappa shape index (κ3) is 5.62. The number of benzene rings is 3. The maximum absolute atomic E-state index is 13.3. The Hall–Kier alpha value is -3.58. The summed E-state index contributed by atoms with van der Waals surface area (Å²) in [6.45, 7) is 2.42. The summed E-state index contributed by atoms with van der Waals surface area (Å²) in [5.74, 6) is 0.204. The van der Waals surface area contributed by atoms with Gasteiger partial charge in [0.25, 0.3) is 0 Å². The number of methoxy groups -OCH3 is 1. The number of aryl methyl sites for hydroxylation is 1. The first kappa shape index (κ1) is 22.6. The zero-order chi connectivity index (χ0) is 23.2. The Labute approximate surface area is 197 Å². The van der Waals surface area contributed by atoms with E-state index >= 15 is 0 Å². The minimum absolute atomic E-state index is 0.0414. The molecule has 0 radical (unpaired) electrons. The Morgan fingerprint density at radius 2 is 1.73 bits per heavy atom. The maximum atomic E-state index is 13.3. The van der Waals surface area contributed by atoms with Gasteiger partial charge in [-0.3, -0.25) is 14.5 Å². The van der Waals surface area contributed by atoms with E-state index in [1.54, 1.807) is 24.1 Å². The minimum Gasteiger partial charge on any atom is -0.495 e. The fourth-order valence-electron chi connectivity index (χ4n) is 3.48. The Bertz CT molecular complexity index is 1160. The molecule has 7 heteroatoms. The van der Waals surface area contributed by atoms with Crippen LogP contribution in [0.3, 0.4) is 0 Å². The molecule has 1 atom stereocenters. The zero-order valence-electron chi connectivity index (χ0n) is 18.5. The number of rotatable bonds is 7. The molecule has 3 aromatic carbocycles. The van der Waals surface area contributed by atoms with E-state index in [-0.39, 0.29) is 18.2 Å². The van der Waals surface area contributed by atoms with Crippen molar-refractivity contribution in [2.45, 2.75) is 25.1 Å². The van der Waals surface area contributed by atoms with Gasteiger partial charge in [0.1, 0.15) is 11.0 Å². The second-order valence-electron chi connectivity index (χ2n) is 7.70. The summed E-state index contributed by atoms with van der Waals surface area (Å²) in [4.78, 5) is 32.5. The number of carbonyl (C=O) groups is 2. The van der Waals surface area contributed by atoms with Crippen LogP contribution in [-0.2, 0) is 16.1 Å². The standard InChI is InChI=1S/C26H25N3O3S/c1-18-12-14-20(15-13-18)27-26-29(17-19-8-4-3-5-9-19)25(31)23(33-26)16-24(30)28-21-10-6-7-11-22(21)32-2/h3-15,23H,16-17H2,1-2H3,(H,28,30). The Morgan fingerprint density at radius 3 is 2.45 bits per heavy atom. The fraction of sp³-hybridized carbons (Fsp3) is 0.192. The Balaban J connectivity index is 1.54. The number of anilines is 1. The van der Waals surface area contributed by atoms with Crippen LogP contribution in [0.1, 0.15) is 17.5 Å². The molecule has 3 aromatic rings. The number of nitrogens with zero attached hydrogens (tertiary/aromatic N) is 2. The van der Waals surface area contributed by atoms with E-state index < -0.39 is 5.25 Å². The molecule has 0 bridgehead atoms. The van der Waals surface area contributed by atoms with Crippen molar-refractivity contribution in [3.8, 4) is 5.75 Å². The van der Waals surface area contributed by atoms with Crippen LogP contribution in [0, 0.1) is 6.92 Å². The summed E-state index contributed by atoms with van der Waals surface area (Å²) in [6, 6.07) is 24.8. The number of nitrogens with one attached hydrogen (secondary N) is 1. The average Bonchev–Trinajstić information content (AvgIpc) is 3.10. The molecule has 4 rings (SSSR count). The maximum Gasteiger partial charge on any atom is 0.242 e. The van der Waals surface area contributed by atoms with Gasteiger partial charge in [-0.15, -0.1) is 0 Å². The van der Waals surface area contributed by atoms with E-state index in [0.717, 1.165) is 16.8 Å². The van der Waals surface area contributed by atoms with Gasteiger partial charge in [0.05, 0.1) is 25.0 Å². The number of hydrogen-bond acceptors (Lipinski definition) is 5. The number of aliphatic imine (C=N–C) groups is 1. The molecule has 1 aliphatic rings. The normalized spacial score (nSPS) is 16.8. The molecule has 6 nitrogen and oxygen atoms in total. The highest BCUT2D eigenvalue weighted by Gasteiger charge is 2.39. The lowest BCUT2D eigenvalue weighted by Gasteiger charge is -2.16. The molecule has 0 spiro atoms. The molecule has 1 N–H and O–H groups in total. The highest BCUT2D eigenvalue weighted by Crippen LogP contribution is 2.33. The van der Waals surface area contributed by atoms with Crippen molar-refractivity contribution in [1.82, 2.24) is 4.90 Å². The van der Waals surface area contributed by atoms with Crippen molar-refractivity contribution < 1.29 is 14.3 Å². The van der Waals surface area contributed by atoms with Gasteiger partial charge in [0, 0.05) is 6.42 Å². The second-order valence-corrected chi connectivity index (χ2v) is 8.87. The van der Waals surface area contributed by atoms with Crippen molar-refractivity contribution in [1.29, 1.82) is 0 Å². The zero-order valence-corrected chi connectivity index (χ0v) is 19.3. The van der Waals surface area contributed by atoms with Crippen LogP contribution in [0.15, 0.2) is 83.9 Å². The summed E-state index contributed by atoms with van der Waals surface area (Å²) >= 11 is 1.33. The molecule has 0 aliphatic carbocycles. The lowest BCUT2D eigenvalue weighted by Crippen LogP contribution is -2.33. The minimum atomic E-state index is -0.549. The number of thioether (sulfide) groups is 1. The van der Waals surface area contributed by atoms with E-state index in [1.165, 1.54) is 11.8 Å². The smallest absolute Gasteiger partial charge is 0.242 e. The molecule has 33 heavy (non-hydrogen) atoms. The molecular formula is C26H25N3O3S. The summed E-state index contributed by atoms with van der Waals surface area (Å²) in [7, 11) is 1.55. The SMILES string of the molecule is COc1ccccc1NC(=O)CC1SC(=Nc2ccc(C)cc2)N(Cc2ccccc2)C1=O. The quantitative estimate of drug-likeness (QED) is 0.530. The highest BCUT2D eigenvalue weighted by atomic mass is 32.2. The molecule has 2 amide bonds. The summed E-state index contributed by atoms with van der Waals surface area (Å²) in [6.07, 6.45) is 0.0414. The van der Waals surface area contributed by atoms with Gasteiger partial charge in [-0.1, -0.05) is 71.9 Å². The van der Waals surface area contributed by atoms with Crippen molar-refractivity contribution in [3.63, 3.8) is 0 Å². The Kier molecular flexibility index (Phi) is 7.10. The van der Waals surface area contributed by atoms with E-state index in [9.17, 15) is 9.59 Å². The van der Waals surface area contributed by atoms with E-state index in [1.807, 2.05) is 73.7 Å². The van der Waals surface area contributed by atoms with Gasteiger partial charge >= 0.3 is 0 Å². The summed E-state index contributed by atoms with van der Waals surface area (Å²) in [5, 5.41) is 2.91. The molecule has 0 aromatic heterocycles. The molecule has 1 aliphatic heterocycles. The predicted molar refractivity (Wildman–Crippen MR) is 133 cm³/mol. The number of ether oxygens (including phenoxy) is 1. The van der Waals surface area contributed by atoms with Crippen molar-refractivity contribution >= 4 is 40.1 Å². The first-order chi connectivity index (χ1) is 16.0. The van der Waals surface area contributed by atoms with Gasteiger partial charge in [-0.05, 0) is 36.8 Å². The van der Waals surface area contributed by atoms with Gasteiger partial charge in [-0.2, -0.15) is 0 Å². The third-order valence-electron chi connectivity index (χ3n) is 5.21. The van der Waals surface area contributed by atoms with Crippen molar-refractivity contribution in [2.24, 2.45) is 4.99 Å². The van der Waals surface area contributed by atoms with Crippen LogP contribution in [0.5, 0.6) is 5.75 Å². The van der Waals surface area contributed by atoms with Gasteiger partial charge in [-0.25, -0.2) is 4.99 Å². The largest absolute Gasteiger partial charge is 0.495 e. The second kappa shape index (κ2) is 10.4. The molecule has 1 fully saturated rings. The van der Waals surface area contributed by atoms with Crippen molar-refractivity contribution in [2.75, 3.05) is 12.4 Å². The van der Waals surface area contributed by atoms with Gasteiger partial charge in [0.15, 0.2) is 5.17 Å². The lowest BCUT2D eigenvalue weighted by atomic mass is 10.2. The Morgan fingerprint density at radius 1 is 1.03 bits per heavy atom. The van der Waals surface area contributed by atoms with Crippen LogP contribution in [0.2, 0.25) is 0 Å². The van der Waals surface area contributed by atoms with Crippen LogP contribution in [0.4, 0.5) is 11.4 Å². The molecular weight excluding hydrogens is 434 g/mol. The summed E-state index contributed by atoms with van der Waals surface area (Å²) in [5.41, 5.74) is 3.49. The third-order valence-corrected chi connectivity index (χ3v) is 6.39. The van der Waals surface area contributed by atoms with Gasteiger partial charge < -0.3 is 10.1 Å². The number of amides is 2. The average molecular weight is 460 g/mol. The van der Waals surface area contributed by atoms with E-state index in [2.05, 4.69) is 5.32 Å². The summed E-state index contributed by atoms with van der Waals surface area (Å²) < 4.78 is 5.30. The molecule has 168 valence electrons. The first-order valence-electron chi connectivity index (χ1n) is 10.6. The van der Waals surface area contributed by atoms with E-state index in [4.69, 9.17) is 9.73 Å². The van der Waals surface area contributed by atoms with Crippen LogP contribution in [0.25, 0.3) is 0 Å². The van der Waals surface area contributed by atoms with Crippen LogP contribution < -0.4 is 10.1 Å². The van der Waals surface area contributed by atoms with Crippen LogP contribution >= 0.6 is 11.8 Å². The van der Waals surface area contributed by atoms with E-state index in [0.29, 0.717) is 23.1 Å². The van der Waals surface area contributed by atoms with Gasteiger partial charge in [0.2, 0.25) is 11.8 Å². The predicted octanol–water partition coefficient (Wildman–Crippen LogP) is 5.16. The van der Waals surface area contributed by atoms with Crippen LogP contribution in [-0.4, -0.2) is 34.2 Å². The number of carbonyl (C=O) groups excluding carboxylic acids is 2. The number of amidine groups is 1. The molecule has 1 heterocycles. The highest BCUT2D eigenvalue weighted by molar-refractivity contribution is 8.15. The topological polar surface area (TPSA) is 71.0 Å². The number of hydrogen-bond donors (Lipinski definition) is 1. The monoisotopic (exact) mass is 459 g/mol. The first-order valence-corrected chi connectivity index (χ1v) is 11.5. The fourth-order valence-corrected chi connectivity index (χ4v) is 4.64.